The van der Waals surface area contributed by atoms with Crippen molar-refractivity contribution in [2.24, 2.45) is 0 Å². The third-order valence-electron chi connectivity index (χ3n) is 0.734. The molecular formula is C4H2O4. The van der Waals surface area contributed by atoms with Gasteiger partial charge in [-0.3, -0.25) is 0 Å². The lowest BCUT2D eigenvalue weighted by molar-refractivity contribution is -0.145. The molecule has 1 N–H and O–H groups in total. The zero-order chi connectivity index (χ0) is 6.15. The second-order valence-corrected chi connectivity index (χ2v) is 1.24. The summed E-state index contributed by atoms with van der Waals surface area (Å²) in [6.07, 6.45) is 0.907. The lowest BCUT2D eigenvalue weighted by atomic mass is 10.2. The number of carboxylic acids is 1. The van der Waals surface area contributed by atoms with Gasteiger partial charge in [0, 0.05) is 0 Å². The highest BCUT2D eigenvalue weighted by Gasteiger charge is 2.26. The van der Waals surface area contributed by atoms with Crippen molar-refractivity contribution in [3.05, 3.63) is 11.8 Å². The van der Waals surface area contributed by atoms with Crippen molar-refractivity contribution in [1.29, 1.82) is 0 Å². The molecule has 0 fully saturated rings. The molecule has 0 unspecified atom stereocenters. The molecule has 0 saturated carbocycles. The molecule has 1 aliphatic heterocycles. The Balaban J connectivity index is 2.76. The van der Waals surface area contributed by atoms with Crippen LogP contribution >= 0.6 is 0 Å². The van der Waals surface area contributed by atoms with Gasteiger partial charge in [-0.25, -0.2) is 9.59 Å². The van der Waals surface area contributed by atoms with Crippen LogP contribution in [0.4, 0.5) is 0 Å². The number of hydrogen-bond donors (Lipinski definition) is 1. The Labute approximate surface area is 44.4 Å². The molecule has 0 aromatic carbocycles. The fourth-order valence-electron chi connectivity index (χ4n) is 0.304. The van der Waals surface area contributed by atoms with E-state index < -0.39 is 11.9 Å². The van der Waals surface area contributed by atoms with Crippen LogP contribution in [0.1, 0.15) is 0 Å². The largest absolute Gasteiger partial charge is 0.477 e. The highest BCUT2D eigenvalue weighted by Crippen LogP contribution is 2.08. The van der Waals surface area contributed by atoms with Crippen LogP contribution < -0.4 is 0 Å². The van der Waals surface area contributed by atoms with Crippen LogP contribution in [0.3, 0.4) is 0 Å². The third-order valence-corrected chi connectivity index (χ3v) is 0.734. The molecule has 4 heteroatoms. The molecule has 0 aromatic rings. The summed E-state index contributed by atoms with van der Waals surface area (Å²) in [4.78, 5) is 19.8. The lowest BCUT2D eigenvalue weighted by Crippen LogP contribution is -2.21. The zero-order valence-electron chi connectivity index (χ0n) is 3.75. The first kappa shape index (κ1) is 4.83. The van der Waals surface area contributed by atoms with Gasteiger partial charge in [0.15, 0.2) is 5.57 Å². The molecule has 1 aliphatic rings. The molecule has 42 valence electrons. The molecule has 1 heterocycles. The van der Waals surface area contributed by atoms with E-state index in [1.807, 2.05) is 0 Å². The third kappa shape index (κ3) is 0.465. The lowest BCUT2D eigenvalue weighted by Gasteiger charge is -2.06. The average molecular weight is 114 g/mol. The molecule has 4 nitrogen and oxygen atoms in total. The second-order valence-electron chi connectivity index (χ2n) is 1.24. The number of carbonyl (C=O) groups is 2. The first-order chi connectivity index (χ1) is 3.72. The minimum atomic E-state index is -1.23. The number of carbonyl (C=O) groups excluding carboxylic acids is 1. The molecule has 1 rings (SSSR count). The Kier molecular flexibility index (Phi) is 0.802. The average Bonchev–Trinajstić information content (AvgIpc) is 1.61. The van der Waals surface area contributed by atoms with Crippen molar-refractivity contribution < 1.29 is 19.4 Å². The van der Waals surface area contributed by atoms with E-state index in [2.05, 4.69) is 4.74 Å². The highest BCUT2D eigenvalue weighted by molar-refractivity contribution is 6.16. The minimum Gasteiger partial charge on any atom is -0.477 e. The number of aliphatic carboxylic acids is 1. The number of rotatable bonds is 1. The molecule has 0 bridgehead atoms. The van der Waals surface area contributed by atoms with Gasteiger partial charge in [0.05, 0.1) is 0 Å². The van der Waals surface area contributed by atoms with Crippen LogP contribution in [-0.4, -0.2) is 17.0 Å². The van der Waals surface area contributed by atoms with Gasteiger partial charge in [-0.2, -0.15) is 0 Å². The van der Waals surface area contributed by atoms with Crippen molar-refractivity contribution in [3.8, 4) is 0 Å². The van der Waals surface area contributed by atoms with Crippen LogP contribution in [-0.2, 0) is 14.3 Å². The predicted octanol–water partition coefficient (Wildman–Crippen LogP) is -0.488. The van der Waals surface area contributed by atoms with Crippen molar-refractivity contribution in [3.63, 3.8) is 0 Å². The van der Waals surface area contributed by atoms with Crippen molar-refractivity contribution in [1.82, 2.24) is 0 Å². The van der Waals surface area contributed by atoms with Crippen molar-refractivity contribution in [2.75, 3.05) is 0 Å². The minimum absolute atomic E-state index is 0.287. The molecule has 8 heavy (non-hydrogen) atoms. The van der Waals surface area contributed by atoms with Gasteiger partial charge in [-0.05, 0) is 0 Å². The summed E-state index contributed by atoms with van der Waals surface area (Å²) in [5.74, 6) is -2.00. The topological polar surface area (TPSA) is 63.6 Å². The SMILES string of the molecule is O=C(O)C1=COC1=O. The molecule has 0 aliphatic carbocycles. The molecular weight excluding hydrogens is 112 g/mol. The maximum Gasteiger partial charge on any atom is 0.353 e. The Morgan fingerprint density at radius 1 is 1.75 bits per heavy atom. The fourth-order valence-corrected chi connectivity index (χ4v) is 0.304. The van der Waals surface area contributed by atoms with Crippen LogP contribution in [0.25, 0.3) is 0 Å². The summed E-state index contributed by atoms with van der Waals surface area (Å²) < 4.78 is 4.02. The number of esters is 1. The molecule has 0 radical (unpaired) electrons. The monoisotopic (exact) mass is 114 g/mol. The normalized spacial score (nSPS) is 16.0. The van der Waals surface area contributed by atoms with Gasteiger partial charge in [0.1, 0.15) is 6.26 Å². The van der Waals surface area contributed by atoms with Gasteiger partial charge in [-0.1, -0.05) is 0 Å². The quantitative estimate of drug-likeness (QED) is 0.369. The Morgan fingerprint density at radius 3 is 2.38 bits per heavy atom. The van der Waals surface area contributed by atoms with E-state index in [9.17, 15) is 9.59 Å². The smallest absolute Gasteiger partial charge is 0.353 e. The summed E-state index contributed by atoms with van der Waals surface area (Å²) >= 11 is 0. The van der Waals surface area contributed by atoms with E-state index in [-0.39, 0.29) is 5.57 Å². The van der Waals surface area contributed by atoms with Crippen molar-refractivity contribution >= 4 is 11.9 Å². The van der Waals surface area contributed by atoms with Gasteiger partial charge < -0.3 is 9.84 Å². The maximum atomic E-state index is 10.0. The summed E-state index contributed by atoms with van der Waals surface area (Å²) in [5, 5.41) is 8.03. The summed E-state index contributed by atoms with van der Waals surface area (Å²) in [7, 11) is 0. The molecule has 0 aromatic heterocycles. The number of carboxylic acid groups (broad SMARTS) is 1. The maximum absolute atomic E-state index is 10.0. The predicted molar refractivity (Wildman–Crippen MR) is 21.8 cm³/mol. The van der Waals surface area contributed by atoms with Gasteiger partial charge in [0.2, 0.25) is 0 Å². The Hall–Kier alpha value is -1.32. The summed E-state index contributed by atoms with van der Waals surface area (Å²) in [6, 6.07) is 0. The zero-order valence-corrected chi connectivity index (χ0v) is 3.75. The highest BCUT2D eigenvalue weighted by atomic mass is 16.5. The van der Waals surface area contributed by atoms with Crippen LogP contribution in [0.2, 0.25) is 0 Å². The van der Waals surface area contributed by atoms with E-state index in [1.165, 1.54) is 0 Å². The summed E-state index contributed by atoms with van der Waals surface area (Å²) in [5.41, 5.74) is -0.287. The van der Waals surface area contributed by atoms with Crippen LogP contribution in [0.15, 0.2) is 11.8 Å². The molecule has 0 saturated heterocycles. The number of ether oxygens (including phenoxy) is 1. The van der Waals surface area contributed by atoms with Gasteiger partial charge in [-0.15, -0.1) is 0 Å². The second kappa shape index (κ2) is 1.33. The van der Waals surface area contributed by atoms with E-state index in [1.54, 1.807) is 0 Å². The van der Waals surface area contributed by atoms with E-state index in [4.69, 9.17) is 5.11 Å². The Morgan fingerprint density at radius 2 is 2.38 bits per heavy atom. The molecule has 0 spiro atoms. The van der Waals surface area contributed by atoms with Crippen LogP contribution in [0, 0.1) is 0 Å². The molecule has 0 amide bonds. The van der Waals surface area contributed by atoms with Gasteiger partial charge in [0.25, 0.3) is 0 Å². The fraction of sp³-hybridized carbons (Fsp3) is 0. The van der Waals surface area contributed by atoms with E-state index in [0.717, 1.165) is 6.26 Å². The first-order valence-corrected chi connectivity index (χ1v) is 1.86. The standard InChI is InChI=1S/C4H2O4/c5-3(6)2-1-8-4(2)7/h1H,(H,5,6). The van der Waals surface area contributed by atoms with Crippen LogP contribution in [0.5, 0.6) is 0 Å². The van der Waals surface area contributed by atoms with Crippen molar-refractivity contribution in [2.45, 2.75) is 0 Å². The number of hydrogen-bond acceptors (Lipinski definition) is 3. The number of cyclic esters (lactones) is 1. The Bertz CT molecular complexity index is 178. The molecule has 0 atom stereocenters. The van der Waals surface area contributed by atoms with E-state index >= 15 is 0 Å². The summed E-state index contributed by atoms with van der Waals surface area (Å²) in [6.45, 7) is 0. The first-order valence-electron chi connectivity index (χ1n) is 1.86. The van der Waals surface area contributed by atoms with Gasteiger partial charge >= 0.3 is 11.9 Å². The van der Waals surface area contributed by atoms with E-state index in [0.29, 0.717) is 0 Å².